The average molecular weight is 312 g/mol. The molecule has 1 amide bonds. The molecule has 0 bridgehead atoms. The van der Waals surface area contributed by atoms with E-state index in [2.05, 4.69) is 4.98 Å². The third-order valence-electron chi connectivity index (χ3n) is 4.49. The fourth-order valence-corrected chi connectivity index (χ4v) is 3.26. The highest BCUT2D eigenvalue weighted by atomic mass is 16.4. The molecule has 0 aliphatic carbocycles. The molecule has 2 unspecified atom stereocenters. The Kier molecular flexibility index (Phi) is 4.03. The Labute approximate surface area is 134 Å². The molecule has 1 aromatic heterocycles. The lowest BCUT2D eigenvalue weighted by atomic mass is 9.91. The molecule has 2 atom stereocenters. The zero-order valence-corrected chi connectivity index (χ0v) is 13.3. The first-order valence-electron chi connectivity index (χ1n) is 7.87. The van der Waals surface area contributed by atoms with Gasteiger partial charge in [0.1, 0.15) is 6.04 Å². The number of likely N-dealkylation sites (tertiary alicyclic amines) is 1. The number of aromatic nitrogens is 1. The number of benzene rings is 1. The van der Waals surface area contributed by atoms with E-state index in [9.17, 15) is 14.7 Å². The summed E-state index contributed by atoms with van der Waals surface area (Å²) in [5.74, 6) is -0.831. The summed E-state index contributed by atoms with van der Waals surface area (Å²) in [7, 11) is 0. The van der Waals surface area contributed by atoms with Crippen LogP contribution in [-0.2, 0) is 4.79 Å². The van der Waals surface area contributed by atoms with Gasteiger partial charge in [-0.05, 0) is 37.8 Å². The van der Waals surface area contributed by atoms with Gasteiger partial charge in [0, 0.05) is 17.6 Å². The van der Waals surface area contributed by atoms with E-state index in [1.807, 2.05) is 38.1 Å². The van der Waals surface area contributed by atoms with Gasteiger partial charge in [0.25, 0.3) is 5.91 Å². The summed E-state index contributed by atoms with van der Waals surface area (Å²) in [6.07, 6.45) is 1.33. The number of hydrogen-bond acceptors (Lipinski definition) is 3. The van der Waals surface area contributed by atoms with Crippen molar-refractivity contribution < 1.29 is 14.7 Å². The molecular weight excluding hydrogens is 292 g/mol. The van der Waals surface area contributed by atoms with E-state index in [1.165, 1.54) is 4.90 Å². The van der Waals surface area contributed by atoms with Crippen molar-refractivity contribution in [3.8, 4) is 0 Å². The molecule has 0 spiro atoms. The second kappa shape index (κ2) is 5.99. The zero-order valence-electron chi connectivity index (χ0n) is 13.3. The van der Waals surface area contributed by atoms with Crippen LogP contribution in [0.2, 0.25) is 0 Å². The fourth-order valence-electron chi connectivity index (χ4n) is 3.26. The van der Waals surface area contributed by atoms with E-state index in [-0.39, 0.29) is 5.91 Å². The summed E-state index contributed by atoms with van der Waals surface area (Å²) in [5.41, 5.74) is 2.05. The minimum Gasteiger partial charge on any atom is -0.480 e. The molecule has 1 aromatic carbocycles. The molecule has 5 heteroatoms. The molecule has 5 nitrogen and oxygen atoms in total. The Morgan fingerprint density at radius 3 is 2.78 bits per heavy atom. The van der Waals surface area contributed by atoms with Crippen LogP contribution in [-0.4, -0.2) is 39.5 Å². The van der Waals surface area contributed by atoms with Crippen molar-refractivity contribution in [2.24, 2.45) is 5.92 Å². The average Bonchev–Trinajstić information content (AvgIpc) is 2.53. The zero-order chi connectivity index (χ0) is 16.6. The van der Waals surface area contributed by atoms with Crippen molar-refractivity contribution in [2.45, 2.75) is 32.7 Å². The number of fused-ring (bicyclic) bond motifs is 1. The van der Waals surface area contributed by atoms with Gasteiger partial charge in [-0.1, -0.05) is 25.1 Å². The van der Waals surface area contributed by atoms with Gasteiger partial charge < -0.3 is 10.0 Å². The Morgan fingerprint density at radius 1 is 1.30 bits per heavy atom. The lowest BCUT2D eigenvalue weighted by Gasteiger charge is -2.36. The largest absolute Gasteiger partial charge is 0.480 e. The minimum absolute atomic E-state index is 0.217. The predicted molar refractivity (Wildman–Crippen MR) is 87.3 cm³/mol. The number of para-hydroxylation sites is 1. The van der Waals surface area contributed by atoms with Crippen molar-refractivity contribution in [3.63, 3.8) is 0 Å². The Hall–Kier alpha value is -2.43. The molecule has 23 heavy (non-hydrogen) atoms. The van der Waals surface area contributed by atoms with E-state index < -0.39 is 12.0 Å². The van der Waals surface area contributed by atoms with Gasteiger partial charge in [0.2, 0.25) is 0 Å². The van der Waals surface area contributed by atoms with Crippen LogP contribution in [0, 0.1) is 12.8 Å². The molecule has 2 aromatic rings. The van der Waals surface area contributed by atoms with Crippen LogP contribution in [0.15, 0.2) is 30.3 Å². The monoisotopic (exact) mass is 312 g/mol. The van der Waals surface area contributed by atoms with Gasteiger partial charge >= 0.3 is 5.97 Å². The smallest absolute Gasteiger partial charge is 0.326 e. The maximum atomic E-state index is 13.0. The number of aliphatic carboxylic acids is 1. The van der Waals surface area contributed by atoms with Crippen molar-refractivity contribution >= 4 is 22.8 Å². The summed E-state index contributed by atoms with van der Waals surface area (Å²) < 4.78 is 0. The van der Waals surface area contributed by atoms with E-state index in [0.717, 1.165) is 23.0 Å². The number of aryl methyl sites for hydroxylation is 1. The van der Waals surface area contributed by atoms with E-state index in [4.69, 9.17) is 0 Å². The van der Waals surface area contributed by atoms with Crippen LogP contribution >= 0.6 is 0 Å². The van der Waals surface area contributed by atoms with Gasteiger partial charge in [-0.3, -0.25) is 9.78 Å². The molecule has 120 valence electrons. The maximum Gasteiger partial charge on any atom is 0.326 e. The number of carbonyl (C=O) groups excluding carboxylic acids is 1. The van der Waals surface area contributed by atoms with Crippen LogP contribution in [0.3, 0.4) is 0 Å². The van der Waals surface area contributed by atoms with E-state index >= 15 is 0 Å². The van der Waals surface area contributed by atoms with E-state index in [0.29, 0.717) is 24.4 Å². The molecule has 2 heterocycles. The van der Waals surface area contributed by atoms with Gasteiger partial charge in [0.15, 0.2) is 0 Å². The van der Waals surface area contributed by atoms with Crippen LogP contribution in [0.4, 0.5) is 0 Å². The first-order chi connectivity index (χ1) is 11.0. The Balaban J connectivity index is 2.04. The highest BCUT2D eigenvalue weighted by Crippen LogP contribution is 2.27. The number of hydrogen-bond donors (Lipinski definition) is 1. The minimum atomic E-state index is -0.931. The van der Waals surface area contributed by atoms with Crippen LogP contribution in [0.1, 0.15) is 35.8 Å². The standard InChI is InChI=1S/C18H20N2O3/c1-11-7-8-20(16(9-11)18(22)23)17(21)14-10-12(2)19-15-6-4-3-5-13(14)15/h3-6,10-11,16H,7-9H2,1-2H3,(H,22,23). The first kappa shape index (κ1) is 15.5. The fraction of sp³-hybridized carbons (Fsp3) is 0.389. The summed E-state index contributed by atoms with van der Waals surface area (Å²) in [4.78, 5) is 30.5. The quantitative estimate of drug-likeness (QED) is 0.925. The third-order valence-corrected chi connectivity index (χ3v) is 4.49. The van der Waals surface area contributed by atoms with Gasteiger partial charge in [-0.15, -0.1) is 0 Å². The molecule has 1 aliphatic heterocycles. The molecule has 1 aliphatic rings. The van der Waals surface area contributed by atoms with Crippen molar-refractivity contribution in [3.05, 3.63) is 41.6 Å². The number of piperidine rings is 1. The maximum absolute atomic E-state index is 13.0. The molecule has 0 radical (unpaired) electrons. The molecule has 0 saturated carbocycles. The van der Waals surface area contributed by atoms with Crippen molar-refractivity contribution in [2.75, 3.05) is 6.54 Å². The van der Waals surface area contributed by atoms with E-state index in [1.54, 1.807) is 6.07 Å². The number of carbonyl (C=O) groups is 2. The summed E-state index contributed by atoms with van der Waals surface area (Å²) in [5, 5.41) is 10.3. The number of carboxylic acids is 1. The molecule has 1 saturated heterocycles. The number of nitrogens with zero attached hydrogens (tertiary/aromatic N) is 2. The van der Waals surface area contributed by atoms with Crippen LogP contribution < -0.4 is 0 Å². The SMILES string of the molecule is Cc1cc(C(=O)N2CCC(C)CC2C(=O)O)c2ccccc2n1. The van der Waals surface area contributed by atoms with Crippen molar-refractivity contribution in [1.82, 2.24) is 9.88 Å². The first-order valence-corrected chi connectivity index (χ1v) is 7.87. The Morgan fingerprint density at radius 2 is 2.04 bits per heavy atom. The van der Waals surface area contributed by atoms with Gasteiger partial charge in [-0.25, -0.2) is 4.79 Å². The second-order valence-electron chi connectivity index (χ2n) is 6.31. The molecule has 1 fully saturated rings. The number of amides is 1. The van der Waals surface area contributed by atoms with Gasteiger partial charge in [-0.2, -0.15) is 0 Å². The lowest BCUT2D eigenvalue weighted by Crippen LogP contribution is -2.49. The molecule has 1 N–H and O–H groups in total. The molecule has 3 rings (SSSR count). The Bertz CT molecular complexity index is 772. The second-order valence-corrected chi connectivity index (χ2v) is 6.31. The number of carboxylic acid groups (broad SMARTS) is 1. The molecular formula is C18H20N2O3. The predicted octanol–water partition coefficient (Wildman–Crippen LogP) is 2.87. The summed E-state index contributed by atoms with van der Waals surface area (Å²) in [6, 6.07) is 8.47. The highest BCUT2D eigenvalue weighted by molar-refractivity contribution is 6.07. The van der Waals surface area contributed by atoms with Crippen LogP contribution in [0.5, 0.6) is 0 Å². The number of pyridine rings is 1. The highest BCUT2D eigenvalue weighted by Gasteiger charge is 2.35. The summed E-state index contributed by atoms with van der Waals surface area (Å²) in [6.45, 7) is 4.35. The topological polar surface area (TPSA) is 70.5 Å². The normalized spacial score (nSPS) is 21.4. The number of rotatable bonds is 2. The van der Waals surface area contributed by atoms with Gasteiger partial charge in [0.05, 0.1) is 11.1 Å². The lowest BCUT2D eigenvalue weighted by molar-refractivity contribution is -0.144. The third kappa shape index (κ3) is 2.91. The van der Waals surface area contributed by atoms with Crippen LogP contribution in [0.25, 0.3) is 10.9 Å². The van der Waals surface area contributed by atoms with Crippen molar-refractivity contribution in [1.29, 1.82) is 0 Å². The summed E-state index contributed by atoms with van der Waals surface area (Å²) >= 11 is 0.